The van der Waals surface area contributed by atoms with Crippen molar-refractivity contribution in [3.63, 3.8) is 0 Å². The van der Waals surface area contributed by atoms with Gasteiger partial charge < -0.3 is 10.6 Å². The third-order valence-electron chi connectivity index (χ3n) is 2.61. The zero-order valence-corrected chi connectivity index (χ0v) is 10.0. The molecular weight excluding hydrogens is 188 g/mol. The summed E-state index contributed by atoms with van der Waals surface area (Å²) in [6, 6.07) is 0. The minimum atomic E-state index is 0.752. The molecule has 4 heteroatoms. The number of aromatic nitrogens is 2. The Labute approximate surface area is 92.1 Å². The molecule has 1 rings (SSSR count). The van der Waals surface area contributed by atoms with Crippen molar-refractivity contribution < 1.29 is 0 Å². The van der Waals surface area contributed by atoms with Gasteiger partial charge >= 0.3 is 0 Å². The van der Waals surface area contributed by atoms with Crippen molar-refractivity contribution in [1.29, 1.82) is 0 Å². The molecular formula is C11H22N4. The highest BCUT2D eigenvalue weighted by atomic mass is 15.3. The zero-order valence-electron chi connectivity index (χ0n) is 10.0. The molecule has 1 heterocycles. The van der Waals surface area contributed by atoms with Gasteiger partial charge in [-0.05, 0) is 46.0 Å². The number of hydrogen-bond donors (Lipinski definition) is 1. The molecule has 4 nitrogen and oxygen atoms in total. The minimum Gasteiger partial charge on any atom is -0.330 e. The van der Waals surface area contributed by atoms with E-state index in [2.05, 4.69) is 35.7 Å². The third-order valence-corrected chi connectivity index (χ3v) is 2.61. The van der Waals surface area contributed by atoms with E-state index in [1.165, 1.54) is 11.3 Å². The fraction of sp³-hybridized carbons (Fsp3) is 0.727. The molecule has 15 heavy (non-hydrogen) atoms. The van der Waals surface area contributed by atoms with Crippen LogP contribution in [-0.2, 0) is 13.0 Å². The van der Waals surface area contributed by atoms with Gasteiger partial charge in [-0.15, -0.1) is 0 Å². The molecule has 0 atom stereocenters. The first-order valence-corrected chi connectivity index (χ1v) is 5.51. The molecule has 0 saturated heterocycles. The van der Waals surface area contributed by atoms with Crippen LogP contribution in [0.3, 0.4) is 0 Å². The first-order chi connectivity index (χ1) is 7.15. The van der Waals surface area contributed by atoms with Gasteiger partial charge in [0.25, 0.3) is 0 Å². The molecule has 0 aliphatic carbocycles. The van der Waals surface area contributed by atoms with Gasteiger partial charge in [0.05, 0.1) is 12.7 Å². The molecule has 0 fully saturated rings. The molecule has 86 valence electrons. The lowest BCUT2D eigenvalue weighted by Crippen LogP contribution is -2.19. The average molecular weight is 210 g/mol. The smallest absolute Gasteiger partial charge is 0.0539 e. The van der Waals surface area contributed by atoms with E-state index in [0.717, 1.165) is 32.5 Å². The molecule has 0 spiro atoms. The highest BCUT2D eigenvalue weighted by molar-refractivity contribution is 5.16. The molecule has 0 unspecified atom stereocenters. The molecule has 0 aromatic carbocycles. The van der Waals surface area contributed by atoms with Crippen LogP contribution in [0.4, 0.5) is 0 Å². The van der Waals surface area contributed by atoms with E-state index in [4.69, 9.17) is 5.73 Å². The first kappa shape index (κ1) is 12.2. The topological polar surface area (TPSA) is 47.1 Å². The zero-order chi connectivity index (χ0) is 11.3. The second-order valence-electron chi connectivity index (χ2n) is 4.17. The number of likely N-dealkylation sites (N-methyl/N-ethyl adjacent to an activating group) is 1. The third kappa shape index (κ3) is 3.64. The van der Waals surface area contributed by atoms with Crippen molar-refractivity contribution in [3.05, 3.63) is 17.5 Å². The Kier molecular flexibility index (Phi) is 4.78. The minimum absolute atomic E-state index is 0.752. The molecule has 0 aliphatic rings. The lowest BCUT2D eigenvalue weighted by molar-refractivity contribution is 0.371. The van der Waals surface area contributed by atoms with Crippen molar-refractivity contribution in [2.75, 3.05) is 27.2 Å². The highest BCUT2D eigenvalue weighted by Crippen LogP contribution is 2.09. The summed E-state index contributed by atoms with van der Waals surface area (Å²) >= 11 is 0. The van der Waals surface area contributed by atoms with Crippen LogP contribution in [0.2, 0.25) is 0 Å². The predicted molar refractivity (Wildman–Crippen MR) is 62.9 cm³/mol. The van der Waals surface area contributed by atoms with Crippen LogP contribution >= 0.6 is 0 Å². The van der Waals surface area contributed by atoms with Crippen molar-refractivity contribution >= 4 is 0 Å². The Morgan fingerprint density at radius 3 is 2.80 bits per heavy atom. The Morgan fingerprint density at radius 1 is 1.47 bits per heavy atom. The summed E-state index contributed by atoms with van der Waals surface area (Å²) in [5.74, 6) is 0. The fourth-order valence-corrected chi connectivity index (χ4v) is 1.54. The summed E-state index contributed by atoms with van der Waals surface area (Å²) in [4.78, 5) is 2.17. The summed E-state index contributed by atoms with van der Waals surface area (Å²) in [5, 5.41) is 4.39. The van der Waals surface area contributed by atoms with E-state index in [1.54, 1.807) is 0 Å². The molecule has 0 bridgehead atoms. The maximum atomic E-state index is 5.50. The SMILES string of the molecule is Cc1c(CCCN)cnn1CCN(C)C. The van der Waals surface area contributed by atoms with Crippen LogP contribution in [-0.4, -0.2) is 41.9 Å². The standard InChI is InChI=1S/C11H22N4/c1-10-11(5-4-6-12)9-13-15(10)8-7-14(2)3/h9H,4-8,12H2,1-3H3. The van der Waals surface area contributed by atoms with Crippen LogP contribution in [0.15, 0.2) is 6.20 Å². The van der Waals surface area contributed by atoms with E-state index >= 15 is 0 Å². The van der Waals surface area contributed by atoms with Crippen molar-refractivity contribution in [2.45, 2.75) is 26.3 Å². The largest absolute Gasteiger partial charge is 0.330 e. The van der Waals surface area contributed by atoms with Gasteiger partial charge in [-0.25, -0.2) is 0 Å². The average Bonchev–Trinajstić information content (AvgIpc) is 2.54. The molecule has 0 saturated carbocycles. The van der Waals surface area contributed by atoms with Crippen LogP contribution in [0.25, 0.3) is 0 Å². The maximum Gasteiger partial charge on any atom is 0.0539 e. The Hall–Kier alpha value is -0.870. The van der Waals surface area contributed by atoms with Crippen molar-refractivity contribution in [2.24, 2.45) is 5.73 Å². The normalized spacial score (nSPS) is 11.3. The predicted octanol–water partition coefficient (Wildman–Crippen LogP) is 0.644. The number of hydrogen-bond acceptors (Lipinski definition) is 3. The fourth-order valence-electron chi connectivity index (χ4n) is 1.54. The van der Waals surface area contributed by atoms with Gasteiger partial charge in [0.15, 0.2) is 0 Å². The van der Waals surface area contributed by atoms with Gasteiger partial charge in [-0.2, -0.15) is 5.10 Å². The highest BCUT2D eigenvalue weighted by Gasteiger charge is 2.05. The van der Waals surface area contributed by atoms with Crippen LogP contribution in [0.5, 0.6) is 0 Å². The molecule has 1 aromatic heterocycles. The molecule has 2 N–H and O–H groups in total. The number of aryl methyl sites for hydroxylation is 1. The quantitative estimate of drug-likeness (QED) is 0.749. The summed E-state index contributed by atoms with van der Waals surface area (Å²) in [6.07, 6.45) is 4.06. The van der Waals surface area contributed by atoms with E-state index in [9.17, 15) is 0 Å². The molecule has 0 aliphatic heterocycles. The molecule has 0 radical (unpaired) electrons. The van der Waals surface area contributed by atoms with Gasteiger partial charge in [-0.3, -0.25) is 4.68 Å². The lowest BCUT2D eigenvalue weighted by Gasteiger charge is -2.10. The Bertz CT molecular complexity index is 291. The summed E-state index contributed by atoms with van der Waals surface area (Å²) in [5.41, 5.74) is 8.11. The number of nitrogens with zero attached hydrogens (tertiary/aromatic N) is 3. The summed E-state index contributed by atoms with van der Waals surface area (Å²) in [7, 11) is 4.16. The molecule has 1 aromatic rings. The second kappa shape index (κ2) is 5.88. The lowest BCUT2D eigenvalue weighted by atomic mass is 10.1. The van der Waals surface area contributed by atoms with Crippen LogP contribution < -0.4 is 5.73 Å². The second-order valence-corrected chi connectivity index (χ2v) is 4.17. The Morgan fingerprint density at radius 2 is 2.20 bits per heavy atom. The Balaban J connectivity index is 2.54. The van der Waals surface area contributed by atoms with Gasteiger partial charge in [0.1, 0.15) is 0 Å². The number of rotatable bonds is 6. The number of nitrogens with two attached hydrogens (primary N) is 1. The summed E-state index contributed by atoms with van der Waals surface area (Å²) < 4.78 is 2.08. The first-order valence-electron chi connectivity index (χ1n) is 5.51. The van der Waals surface area contributed by atoms with E-state index in [1.807, 2.05) is 6.20 Å². The monoisotopic (exact) mass is 210 g/mol. The van der Waals surface area contributed by atoms with Crippen LogP contribution in [0.1, 0.15) is 17.7 Å². The van der Waals surface area contributed by atoms with E-state index < -0.39 is 0 Å². The summed E-state index contributed by atoms with van der Waals surface area (Å²) in [6.45, 7) is 4.87. The van der Waals surface area contributed by atoms with E-state index in [-0.39, 0.29) is 0 Å². The van der Waals surface area contributed by atoms with E-state index in [0.29, 0.717) is 0 Å². The van der Waals surface area contributed by atoms with Gasteiger partial charge in [0.2, 0.25) is 0 Å². The van der Waals surface area contributed by atoms with Crippen LogP contribution in [0, 0.1) is 6.92 Å². The van der Waals surface area contributed by atoms with Crippen molar-refractivity contribution in [1.82, 2.24) is 14.7 Å². The van der Waals surface area contributed by atoms with Crippen molar-refractivity contribution in [3.8, 4) is 0 Å². The molecule has 0 amide bonds. The van der Waals surface area contributed by atoms with Gasteiger partial charge in [0, 0.05) is 12.2 Å². The van der Waals surface area contributed by atoms with Gasteiger partial charge in [-0.1, -0.05) is 0 Å². The maximum absolute atomic E-state index is 5.50.